The van der Waals surface area contributed by atoms with E-state index in [1.807, 2.05) is 0 Å². The normalized spacial score (nSPS) is 27.2. The molecule has 0 spiro atoms. The molecule has 2 aliphatic rings. The molecule has 18 heavy (non-hydrogen) atoms. The molecule has 106 valence electrons. The molecule has 1 heterocycles. The van der Waals surface area contributed by atoms with Gasteiger partial charge in [0.1, 0.15) is 0 Å². The number of hydrogen-bond donors (Lipinski definition) is 1. The van der Waals surface area contributed by atoms with Gasteiger partial charge in [-0.2, -0.15) is 0 Å². The van der Waals surface area contributed by atoms with E-state index in [1.54, 1.807) is 7.11 Å². The molecule has 2 atom stereocenters. The molecule has 0 aromatic rings. The Hall–Kier alpha value is -0.160. The van der Waals surface area contributed by atoms with E-state index in [0.29, 0.717) is 18.8 Å². The molecule has 0 radical (unpaired) electrons. The van der Waals surface area contributed by atoms with Gasteiger partial charge in [0, 0.05) is 32.8 Å². The van der Waals surface area contributed by atoms with Gasteiger partial charge in [0.15, 0.2) is 0 Å². The average molecular weight is 257 g/mol. The summed E-state index contributed by atoms with van der Waals surface area (Å²) in [4.78, 5) is 2.44. The minimum absolute atomic E-state index is 0.375. The van der Waals surface area contributed by atoms with Gasteiger partial charge in [-0.05, 0) is 25.7 Å². The first-order chi connectivity index (χ1) is 8.79. The lowest BCUT2D eigenvalue weighted by Crippen LogP contribution is -2.44. The van der Waals surface area contributed by atoms with Crippen LogP contribution < -0.4 is 0 Å². The number of ether oxygens (including phenoxy) is 2. The molecular formula is C14H27NO3. The zero-order chi connectivity index (χ0) is 12.8. The van der Waals surface area contributed by atoms with Crippen LogP contribution in [-0.4, -0.2) is 61.7 Å². The Kier molecular flexibility index (Phi) is 5.89. The average Bonchev–Trinajstić information content (AvgIpc) is 3.01. The van der Waals surface area contributed by atoms with Crippen molar-refractivity contribution in [3.63, 3.8) is 0 Å². The second kappa shape index (κ2) is 7.43. The lowest BCUT2D eigenvalue weighted by atomic mass is 10.1. The van der Waals surface area contributed by atoms with E-state index in [1.165, 1.54) is 38.5 Å². The summed E-state index contributed by atoms with van der Waals surface area (Å²) in [5.41, 5.74) is 0. The summed E-state index contributed by atoms with van der Waals surface area (Å²) in [7, 11) is 1.64. The van der Waals surface area contributed by atoms with Crippen LogP contribution in [0.2, 0.25) is 0 Å². The number of aliphatic hydroxyl groups excluding tert-OH is 1. The van der Waals surface area contributed by atoms with Gasteiger partial charge in [0.2, 0.25) is 0 Å². The van der Waals surface area contributed by atoms with Crippen LogP contribution in [0.15, 0.2) is 0 Å². The van der Waals surface area contributed by atoms with Crippen LogP contribution in [-0.2, 0) is 9.47 Å². The molecule has 4 heteroatoms. The molecule has 0 amide bonds. The summed E-state index contributed by atoms with van der Waals surface area (Å²) in [5.74, 6) is 0. The Labute approximate surface area is 110 Å². The number of aliphatic hydroxyl groups is 1. The number of rotatable bonds is 7. The fourth-order valence-electron chi connectivity index (χ4n) is 3.21. The van der Waals surface area contributed by atoms with Crippen molar-refractivity contribution in [1.29, 1.82) is 0 Å². The van der Waals surface area contributed by atoms with Crippen molar-refractivity contribution in [2.24, 2.45) is 0 Å². The monoisotopic (exact) mass is 257 g/mol. The van der Waals surface area contributed by atoms with Crippen LogP contribution in [0.4, 0.5) is 0 Å². The highest BCUT2D eigenvalue weighted by Crippen LogP contribution is 2.25. The second-order valence-corrected chi connectivity index (χ2v) is 5.64. The van der Waals surface area contributed by atoms with Crippen molar-refractivity contribution < 1.29 is 14.6 Å². The third-order valence-electron chi connectivity index (χ3n) is 4.11. The predicted molar refractivity (Wildman–Crippen MR) is 70.7 cm³/mol. The van der Waals surface area contributed by atoms with Gasteiger partial charge in [-0.3, -0.25) is 4.90 Å². The van der Waals surface area contributed by atoms with Gasteiger partial charge < -0.3 is 14.6 Å². The standard InChI is InChI=1S/C14H27NO3/c1-17-11-13(16)9-15(12-5-2-3-6-12)10-14-7-4-8-18-14/h12-14,16H,2-11H2,1H3/t13-,14-/m1/s1. The zero-order valence-corrected chi connectivity index (χ0v) is 11.5. The first kappa shape index (κ1) is 14.3. The van der Waals surface area contributed by atoms with Gasteiger partial charge in [-0.15, -0.1) is 0 Å². The van der Waals surface area contributed by atoms with Crippen LogP contribution in [0.1, 0.15) is 38.5 Å². The fourth-order valence-corrected chi connectivity index (χ4v) is 3.21. The summed E-state index contributed by atoms with van der Waals surface area (Å²) >= 11 is 0. The van der Waals surface area contributed by atoms with Crippen LogP contribution in [0, 0.1) is 0 Å². The summed E-state index contributed by atoms with van der Waals surface area (Å²) < 4.78 is 10.8. The molecule has 0 bridgehead atoms. The fraction of sp³-hybridized carbons (Fsp3) is 1.00. The summed E-state index contributed by atoms with van der Waals surface area (Å²) in [6.45, 7) is 3.03. The smallest absolute Gasteiger partial charge is 0.0900 e. The van der Waals surface area contributed by atoms with Gasteiger partial charge in [0.05, 0.1) is 18.8 Å². The molecular weight excluding hydrogens is 230 g/mol. The molecule has 0 unspecified atom stereocenters. The van der Waals surface area contributed by atoms with Crippen LogP contribution in [0.5, 0.6) is 0 Å². The Bertz CT molecular complexity index is 225. The third-order valence-corrected chi connectivity index (χ3v) is 4.11. The Morgan fingerprint density at radius 2 is 2.06 bits per heavy atom. The van der Waals surface area contributed by atoms with E-state index in [4.69, 9.17) is 9.47 Å². The van der Waals surface area contributed by atoms with E-state index in [9.17, 15) is 5.11 Å². The molecule has 1 saturated heterocycles. The molecule has 2 fully saturated rings. The van der Waals surface area contributed by atoms with Crippen LogP contribution in [0.3, 0.4) is 0 Å². The van der Waals surface area contributed by atoms with Gasteiger partial charge in [-0.25, -0.2) is 0 Å². The molecule has 2 rings (SSSR count). The SMILES string of the molecule is COC[C@H](O)CN(C[C@H]1CCCO1)C1CCCC1. The maximum atomic E-state index is 9.95. The minimum atomic E-state index is -0.378. The highest BCUT2D eigenvalue weighted by molar-refractivity contribution is 4.82. The molecule has 1 aliphatic carbocycles. The number of methoxy groups -OCH3 is 1. The third kappa shape index (κ3) is 4.19. The summed E-state index contributed by atoms with van der Waals surface area (Å²) in [6.07, 6.45) is 7.55. The van der Waals surface area contributed by atoms with Crippen molar-refractivity contribution in [3.8, 4) is 0 Å². The van der Waals surface area contributed by atoms with Crippen LogP contribution in [0.25, 0.3) is 0 Å². The molecule has 0 aromatic heterocycles. The van der Waals surface area contributed by atoms with E-state index in [-0.39, 0.29) is 6.10 Å². The minimum Gasteiger partial charge on any atom is -0.389 e. The van der Waals surface area contributed by atoms with E-state index >= 15 is 0 Å². The number of hydrogen-bond acceptors (Lipinski definition) is 4. The van der Waals surface area contributed by atoms with Crippen molar-refractivity contribution in [1.82, 2.24) is 4.90 Å². The Morgan fingerprint density at radius 3 is 2.67 bits per heavy atom. The number of nitrogens with zero attached hydrogens (tertiary/aromatic N) is 1. The summed E-state index contributed by atoms with van der Waals surface area (Å²) in [6, 6.07) is 0.640. The Balaban J connectivity index is 1.84. The maximum Gasteiger partial charge on any atom is 0.0900 e. The van der Waals surface area contributed by atoms with Crippen LogP contribution >= 0.6 is 0 Å². The van der Waals surface area contributed by atoms with Crippen molar-refractivity contribution in [2.45, 2.75) is 56.8 Å². The first-order valence-corrected chi connectivity index (χ1v) is 7.32. The molecule has 0 aromatic carbocycles. The topological polar surface area (TPSA) is 41.9 Å². The maximum absolute atomic E-state index is 9.95. The summed E-state index contributed by atoms with van der Waals surface area (Å²) in [5, 5.41) is 9.95. The Morgan fingerprint density at radius 1 is 1.28 bits per heavy atom. The second-order valence-electron chi connectivity index (χ2n) is 5.64. The van der Waals surface area contributed by atoms with Gasteiger partial charge >= 0.3 is 0 Å². The largest absolute Gasteiger partial charge is 0.389 e. The van der Waals surface area contributed by atoms with Crippen molar-refractivity contribution in [3.05, 3.63) is 0 Å². The first-order valence-electron chi connectivity index (χ1n) is 7.32. The molecule has 4 nitrogen and oxygen atoms in total. The van der Waals surface area contributed by atoms with Crippen molar-refractivity contribution >= 4 is 0 Å². The lowest BCUT2D eigenvalue weighted by molar-refractivity contribution is 0.00457. The highest BCUT2D eigenvalue weighted by Gasteiger charge is 2.28. The van der Waals surface area contributed by atoms with E-state index in [2.05, 4.69) is 4.90 Å². The molecule has 1 saturated carbocycles. The molecule has 1 N–H and O–H groups in total. The quantitative estimate of drug-likeness (QED) is 0.749. The van der Waals surface area contributed by atoms with Gasteiger partial charge in [0.25, 0.3) is 0 Å². The molecule has 1 aliphatic heterocycles. The highest BCUT2D eigenvalue weighted by atomic mass is 16.5. The van der Waals surface area contributed by atoms with Gasteiger partial charge in [-0.1, -0.05) is 12.8 Å². The zero-order valence-electron chi connectivity index (χ0n) is 11.5. The van der Waals surface area contributed by atoms with E-state index in [0.717, 1.165) is 19.7 Å². The van der Waals surface area contributed by atoms with Crippen molar-refractivity contribution in [2.75, 3.05) is 33.4 Å². The lowest BCUT2D eigenvalue weighted by Gasteiger charge is -2.32. The van der Waals surface area contributed by atoms with E-state index < -0.39 is 0 Å². The predicted octanol–water partition coefficient (Wildman–Crippen LogP) is 1.42.